The molecule has 0 aliphatic rings. The van der Waals surface area contributed by atoms with Crippen molar-refractivity contribution in [2.45, 2.75) is 0 Å². The van der Waals surface area contributed by atoms with Gasteiger partial charge in [-0.15, -0.1) is 0 Å². The first-order valence-corrected chi connectivity index (χ1v) is 0. The smallest absolute Gasteiger partial charge is 0.870 e. The Kier molecular flexibility index (Phi) is 19300. The molecular weight excluding hydrogens is 166 g/mol. The van der Waals surface area contributed by atoms with Crippen LogP contribution in [0.15, 0.2) is 0 Å². The Hall–Kier alpha value is 0.502. The van der Waals surface area contributed by atoms with Gasteiger partial charge in [0, 0.05) is 12.3 Å². The summed E-state index contributed by atoms with van der Waals surface area (Å²) in [7, 11) is 0. The van der Waals surface area contributed by atoms with Crippen LogP contribution in [0.2, 0.25) is 0 Å². The summed E-state index contributed by atoms with van der Waals surface area (Å²) in [5, 5.41) is 0. The van der Waals surface area contributed by atoms with Gasteiger partial charge < -0.3 is 11.0 Å². The predicted octanol–water partition coefficient (Wildman–Crippen LogP) is -1.32. The molecule has 0 aromatic rings. The van der Waals surface area contributed by atoms with Crippen LogP contribution < -0.4 is 12.3 Å². The van der Waals surface area contributed by atoms with Crippen LogP contribution in [0.3, 0.4) is 0 Å². The Morgan fingerprint density at radius 3 is 0.600 bits per heavy atom. The molecule has 2 N–H and O–H groups in total. The van der Waals surface area contributed by atoms with Crippen molar-refractivity contribution >= 4 is 0 Å². The van der Waals surface area contributed by atoms with E-state index in [4.69, 9.17) is 0 Å². The number of rotatable bonds is 0. The molecule has 0 aromatic heterocycles. The summed E-state index contributed by atoms with van der Waals surface area (Å²) in [6.07, 6.45) is 0. The molecule has 5 heavy (non-hydrogen) atoms. The van der Waals surface area contributed by atoms with Crippen LogP contribution in [0.4, 0.5) is 0 Å². The molecule has 0 aromatic carbocycles. The maximum Gasteiger partial charge on any atom is 2.00 e. The fourth-order valence-corrected chi connectivity index (χ4v) is 0. The second-order valence-electron chi connectivity index (χ2n) is 0. The standard InChI is InChI=1S/2N.2H2O.Pd/h;;2*1H2;/q;;;;+2/p-2. The molecule has 0 fully saturated rings. The Morgan fingerprint density at radius 2 is 0.600 bits per heavy atom. The minimum atomic E-state index is 0. The van der Waals surface area contributed by atoms with Gasteiger partial charge in [0.05, 0.1) is 0 Å². The molecule has 4 nitrogen and oxygen atoms in total. The molecule has 0 amide bonds. The fourth-order valence-electron chi connectivity index (χ4n) is 0. The number of nitrogens with zero attached hydrogens (tertiary/aromatic N) is 2. The van der Waals surface area contributed by atoms with Crippen molar-refractivity contribution < 1.29 is 31.4 Å². The Labute approximate surface area is 44.4 Å². The van der Waals surface area contributed by atoms with Gasteiger partial charge in [0.15, 0.2) is 0 Å². The first-order chi connectivity index (χ1) is 0. The Morgan fingerprint density at radius 1 is 0.600 bits per heavy atom. The average molecular weight is 168 g/mol. The summed E-state index contributed by atoms with van der Waals surface area (Å²) < 4.78 is 0. The summed E-state index contributed by atoms with van der Waals surface area (Å²) in [5.41, 5.74) is 0. The molecule has 0 aliphatic carbocycles. The maximum atomic E-state index is 0. The van der Waals surface area contributed by atoms with Gasteiger partial charge in [0.1, 0.15) is 0 Å². The molecule has 0 heterocycles. The van der Waals surface area contributed by atoms with E-state index in [1.165, 1.54) is 0 Å². The molecule has 0 bridgehead atoms. The second-order valence-corrected chi connectivity index (χ2v) is 0. The first kappa shape index (κ1) is 442. The third-order valence-corrected chi connectivity index (χ3v) is 0. The SMILES string of the molecule is [N].[N].[OH-].[OH-].[Pd+2]. The van der Waals surface area contributed by atoms with Crippen LogP contribution in [-0.2, 0) is 20.4 Å². The average Bonchev–Trinajstić information content (AvgIpc) is 0. The van der Waals surface area contributed by atoms with E-state index in [2.05, 4.69) is 0 Å². The first-order valence-electron chi connectivity index (χ1n) is 0. The molecule has 0 saturated heterocycles. The molecular formula is H2N2O2Pd. The summed E-state index contributed by atoms with van der Waals surface area (Å²) >= 11 is 0. The summed E-state index contributed by atoms with van der Waals surface area (Å²) in [6.45, 7) is 0. The van der Waals surface area contributed by atoms with Crippen molar-refractivity contribution in [2.24, 2.45) is 0 Å². The zero-order valence-corrected chi connectivity index (χ0v) is 3.66. The molecule has 5 heteroatoms. The molecule has 0 saturated carbocycles. The van der Waals surface area contributed by atoms with Crippen LogP contribution in [-0.4, -0.2) is 11.0 Å². The van der Waals surface area contributed by atoms with Crippen LogP contribution in [0.1, 0.15) is 0 Å². The predicted molar refractivity (Wildman–Crippen MR) is 8.14 cm³/mol. The van der Waals surface area contributed by atoms with Crippen molar-refractivity contribution in [1.29, 1.82) is 0 Å². The number of hydrogen-bond acceptors (Lipinski definition) is 2. The van der Waals surface area contributed by atoms with Gasteiger partial charge in [0.25, 0.3) is 0 Å². The maximum absolute atomic E-state index is 0. The topological polar surface area (TPSA) is 121 Å². The van der Waals surface area contributed by atoms with Gasteiger partial charge in [-0.05, 0) is 0 Å². The van der Waals surface area contributed by atoms with Crippen molar-refractivity contribution in [1.82, 2.24) is 12.3 Å². The molecule has 0 spiro atoms. The quantitative estimate of drug-likeness (QED) is 0.417. The molecule has 34 valence electrons. The van der Waals surface area contributed by atoms with Crippen LogP contribution in [0.5, 0.6) is 0 Å². The van der Waals surface area contributed by atoms with E-state index >= 15 is 0 Å². The zero-order valence-electron chi connectivity index (χ0n) is 2.11. The van der Waals surface area contributed by atoms with Crippen molar-refractivity contribution in [2.75, 3.05) is 0 Å². The largest absolute Gasteiger partial charge is 2.00 e. The van der Waals surface area contributed by atoms with Crippen LogP contribution in [0, 0.1) is 0 Å². The van der Waals surface area contributed by atoms with Crippen molar-refractivity contribution in [3.63, 3.8) is 0 Å². The monoisotopic (exact) mass is 168 g/mol. The normalized spacial score (nSPS) is 0. The van der Waals surface area contributed by atoms with E-state index in [0.29, 0.717) is 0 Å². The zero-order chi connectivity index (χ0) is 0. The van der Waals surface area contributed by atoms with Crippen LogP contribution >= 0.6 is 0 Å². The summed E-state index contributed by atoms with van der Waals surface area (Å²) in [6, 6.07) is 0. The minimum absolute atomic E-state index is 0. The molecule has 6 radical (unpaired) electrons. The van der Waals surface area contributed by atoms with E-state index in [-0.39, 0.29) is 43.7 Å². The fraction of sp³-hybridized carbons (Fsp3) is 0. The Balaban J connectivity index is 0. The van der Waals surface area contributed by atoms with Gasteiger partial charge in [-0.2, -0.15) is 0 Å². The Bertz CT molecular complexity index is 7.61. The van der Waals surface area contributed by atoms with Gasteiger partial charge >= 0.3 is 20.4 Å². The van der Waals surface area contributed by atoms with E-state index < -0.39 is 0 Å². The van der Waals surface area contributed by atoms with Crippen molar-refractivity contribution in [3.8, 4) is 0 Å². The molecule has 0 unspecified atom stereocenters. The van der Waals surface area contributed by atoms with Gasteiger partial charge in [-0.3, -0.25) is 0 Å². The molecule has 0 rings (SSSR count). The van der Waals surface area contributed by atoms with Gasteiger partial charge in [0.2, 0.25) is 0 Å². The van der Waals surface area contributed by atoms with Crippen LogP contribution in [0.25, 0.3) is 0 Å². The number of hydrogen-bond donors (Lipinski definition) is 0. The third kappa shape index (κ3) is 112. The second kappa shape index (κ2) is 219. The molecule has 0 atom stereocenters. The van der Waals surface area contributed by atoms with Gasteiger partial charge in [-0.25, -0.2) is 0 Å². The van der Waals surface area contributed by atoms with Crippen molar-refractivity contribution in [3.05, 3.63) is 0 Å². The van der Waals surface area contributed by atoms with E-state index in [0.717, 1.165) is 0 Å². The van der Waals surface area contributed by atoms with E-state index in [1.54, 1.807) is 0 Å². The summed E-state index contributed by atoms with van der Waals surface area (Å²) in [5.74, 6) is 0. The minimum Gasteiger partial charge on any atom is -0.870 e. The molecule has 0 aliphatic heterocycles. The third-order valence-electron chi connectivity index (χ3n) is 0. The van der Waals surface area contributed by atoms with E-state index in [9.17, 15) is 0 Å². The van der Waals surface area contributed by atoms with Gasteiger partial charge in [-0.1, -0.05) is 0 Å². The summed E-state index contributed by atoms with van der Waals surface area (Å²) in [4.78, 5) is 0. The van der Waals surface area contributed by atoms with E-state index in [1.807, 2.05) is 0 Å².